The topological polar surface area (TPSA) is 30.5 Å². The van der Waals surface area contributed by atoms with Crippen LogP contribution in [0.15, 0.2) is 42.5 Å². The van der Waals surface area contributed by atoms with E-state index in [1.165, 1.54) is 11.1 Å². The lowest BCUT2D eigenvalue weighted by molar-refractivity contribution is 0.389. The molecule has 2 aromatic carbocycles. The van der Waals surface area contributed by atoms with Gasteiger partial charge < -0.3 is 14.8 Å². The van der Waals surface area contributed by atoms with E-state index in [2.05, 4.69) is 43.4 Å². The second-order valence-corrected chi connectivity index (χ2v) is 5.14. The maximum Gasteiger partial charge on any atom is 0.127 e. The molecule has 0 aliphatic carbocycles. The first kappa shape index (κ1) is 15.4. The lowest BCUT2D eigenvalue weighted by Gasteiger charge is -2.18. The van der Waals surface area contributed by atoms with Crippen LogP contribution in [0.4, 0.5) is 0 Å². The van der Waals surface area contributed by atoms with E-state index in [1.807, 2.05) is 18.2 Å². The molecule has 0 heterocycles. The monoisotopic (exact) mass is 285 g/mol. The van der Waals surface area contributed by atoms with E-state index in [0.717, 1.165) is 23.6 Å². The fraction of sp³-hybridized carbons (Fsp3) is 0.333. The van der Waals surface area contributed by atoms with Crippen molar-refractivity contribution in [3.8, 4) is 11.5 Å². The van der Waals surface area contributed by atoms with Crippen LogP contribution in [-0.2, 0) is 6.54 Å². The Labute approximate surface area is 126 Å². The molecule has 0 radical (unpaired) electrons. The van der Waals surface area contributed by atoms with Crippen molar-refractivity contribution in [1.82, 2.24) is 5.32 Å². The van der Waals surface area contributed by atoms with Crippen LogP contribution in [0, 0.1) is 6.92 Å². The van der Waals surface area contributed by atoms with E-state index >= 15 is 0 Å². The van der Waals surface area contributed by atoms with Crippen LogP contribution < -0.4 is 14.8 Å². The summed E-state index contributed by atoms with van der Waals surface area (Å²) in [5, 5.41) is 3.55. The maximum atomic E-state index is 5.43. The van der Waals surface area contributed by atoms with Gasteiger partial charge in [0.25, 0.3) is 0 Å². The van der Waals surface area contributed by atoms with Crippen LogP contribution in [0.3, 0.4) is 0 Å². The molecular formula is C18H23NO2. The quantitative estimate of drug-likeness (QED) is 0.874. The first-order chi connectivity index (χ1) is 10.2. The number of nitrogens with one attached hydrogen (secondary N) is 1. The van der Waals surface area contributed by atoms with Crippen LogP contribution in [0.5, 0.6) is 11.5 Å². The van der Waals surface area contributed by atoms with Gasteiger partial charge in [-0.15, -0.1) is 0 Å². The predicted molar refractivity (Wildman–Crippen MR) is 86.0 cm³/mol. The van der Waals surface area contributed by atoms with Crippen molar-refractivity contribution < 1.29 is 9.47 Å². The number of benzene rings is 2. The summed E-state index contributed by atoms with van der Waals surface area (Å²) < 4.78 is 10.7. The molecular weight excluding hydrogens is 262 g/mol. The van der Waals surface area contributed by atoms with Gasteiger partial charge in [0, 0.05) is 24.2 Å². The summed E-state index contributed by atoms with van der Waals surface area (Å²) in [6.45, 7) is 5.07. The first-order valence-electron chi connectivity index (χ1n) is 7.15. The third-order valence-corrected chi connectivity index (χ3v) is 3.75. The molecule has 112 valence electrons. The molecule has 0 bridgehead atoms. The molecule has 0 amide bonds. The van der Waals surface area contributed by atoms with Crippen LogP contribution in [0.25, 0.3) is 0 Å². The smallest absolute Gasteiger partial charge is 0.127 e. The zero-order valence-corrected chi connectivity index (χ0v) is 13.1. The van der Waals surface area contributed by atoms with Crippen molar-refractivity contribution in [3.63, 3.8) is 0 Å². The molecule has 0 fully saturated rings. The van der Waals surface area contributed by atoms with Gasteiger partial charge in [-0.1, -0.05) is 30.3 Å². The SMILES string of the molecule is COc1ccc(CN[C@H](C)c2ccccc2C)c(OC)c1. The van der Waals surface area contributed by atoms with Gasteiger partial charge >= 0.3 is 0 Å². The van der Waals surface area contributed by atoms with Gasteiger partial charge in [0.15, 0.2) is 0 Å². The minimum absolute atomic E-state index is 0.290. The molecule has 0 saturated heterocycles. The fourth-order valence-corrected chi connectivity index (χ4v) is 2.44. The molecule has 0 unspecified atom stereocenters. The van der Waals surface area contributed by atoms with Crippen LogP contribution in [-0.4, -0.2) is 14.2 Å². The van der Waals surface area contributed by atoms with Crippen molar-refractivity contribution in [2.75, 3.05) is 14.2 Å². The average molecular weight is 285 g/mol. The van der Waals surface area contributed by atoms with Gasteiger partial charge in [-0.25, -0.2) is 0 Å². The molecule has 1 N–H and O–H groups in total. The highest BCUT2D eigenvalue weighted by molar-refractivity contribution is 5.40. The average Bonchev–Trinajstić information content (AvgIpc) is 2.52. The summed E-state index contributed by atoms with van der Waals surface area (Å²) in [7, 11) is 3.34. The van der Waals surface area contributed by atoms with Crippen molar-refractivity contribution >= 4 is 0 Å². The van der Waals surface area contributed by atoms with E-state index in [-0.39, 0.29) is 6.04 Å². The van der Waals surface area contributed by atoms with E-state index in [9.17, 15) is 0 Å². The Hall–Kier alpha value is -2.00. The Morgan fingerprint density at radius 3 is 2.48 bits per heavy atom. The number of ether oxygens (including phenoxy) is 2. The summed E-state index contributed by atoms with van der Waals surface area (Å²) >= 11 is 0. The molecule has 0 aliphatic rings. The summed E-state index contributed by atoms with van der Waals surface area (Å²) in [4.78, 5) is 0. The lowest BCUT2D eigenvalue weighted by atomic mass is 10.0. The molecule has 0 saturated carbocycles. The van der Waals surface area contributed by atoms with Gasteiger partial charge in [-0.05, 0) is 31.0 Å². The van der Waals surface area contributed by atoms with E-state index in [0.29, 0.717) is 0 Å². The van der Waals surface area contributed by atoms with Gasteiger partial charge in [0.2, 0.25) is 0 Å². The lowest BCUT2D eigenvalue weighted by Crippen LogP contribution is -2.19. The summed E-state index contributed by atoms with van der Waals surface area (Å²) in [5.74, 6) is 1.65. The number of aryl methyl sites for hydroxylation is 1. The zero-order valence-electron chi connectivity index (χ0n) is 13.1. The second kappa shape index (κ2) is 7.14. The highest BCUT2D eigenvalue weighted by Crippen LogP contribution is 2.25. The van der Waals surface area contributed by atoms with Gasteiger partial charge in [-0.3, -0.25) is 0 Å². The van der Waals surface area contributed by atoms with Crippen molar-refractivity contribution in [2.24, 2.45) is 0 Å². The van der Waals surface area contributed by atoms with Crippen molar-refractivity contribution in [3.05, 3.63) is 59.2 Å². The van der Waals surface area contributed by atoms with E-state index in [4.69, 9.17) is 9.47 Å². The molecule has 21 heavy (non-hydrogen) atoms. The molecule has 0 aromatic heterocycles. The van der Waals surface area contributed by atoms with Gasteiger partial charge in [-0.2, -0.15) is 0 Å². The fourth-order valence-electron chi connectivity index (χ4n) is 2.44. The molecule has 2 rings (SSSR count). The van der Waals surface area contributed by atoms with Gasteiger partial charge in [0.1, 0.15) is 11.5 Å². The van der Waals surface area contributed by atoms with Crippen LogP contribution in [0.2, 0.25) is 0 Å². The number of hydrogen-bond donors (Lipinski definition) is 1. The molecule has 3 nitrogen and oxygen atoms in total. The Bertz CT molecular complexity index is 596. The Morgan fingerprint density at radius 2 is 1.81 bits per heavy atom. The zero-order chi connectivity index (χ0) is 15.2. The number of rotatable bonds is 6. The number of methoxy groups -OCH3 is 2. The largest absolute Gasteiger partial charge is 0.497 e. The third kappa shape index (κ3) is 3.76. The molecule has 0 spiro atoms. The minimum Gasteiger partial charge on any atom is -0.497 e. The highest BCUT2D eigenvalue weighted by Gasteiger charge is 2.10. The minimum atomic E-state index is 0.290. The Kier molecular flexibility index (Phi) is 5.23. The Morgan fingerprint density at radius 1 is 1.05 bits per heavy atom. The first-order valence-corrected chi connectivity index (χ1v) is 7.15. The molecule has 2 aromatic rings. The third-order valence-electron chi connectivity index (χ3n) is 3.75. The van der Waals surface area contributed by atoms with E-state index < -0.39 is 0 Å². The standard InChI is InChI=1S/C18H23NO2/c1-13-7-5-6-8-17(13)14(2)19-12-15-9-10-16(20-3)11-18(15)21-4/h5-11,14,19H,12H2,1-4H3/t14-/m1/s1. The summed E-state index contributed by atoms with van der Waals surface area (Å²) in [6, 6.07) is 14.6. The van der Waals surface area contributed by atoms with Crippen molar-refractivity contribution in [2.45, 2.75) is 26.4 Å². The summed E-state index contributed by atoms with van der Waals surface area (Å²) in [5.41, 5.74) is 3.75. The van der Waals surface area contributed by atoms with Crippen molar-refractivity contribution in [1.29, 1.82) is 0 Å². The van der Waals surface area contributed by atoms with Crippen LogP contribution >= 0.6 is 0 Å². The molecule has 1 atom stereocenters. The molecule has 0 aliphatic heterocycles. The summed E-state index contributed by atoms with van der Waals surface area (Å²) in [6.07, 6.45) is 0. The van der Waals surface area contributed by atoms with Crippen LogP contribution in [0.1, 0.15) is 29.7 Å². The highest BCUT2D eigenvalue weighted by atomic mass is 16.5. The second-order valence-electron chi connectivity index (χ2n) is 5.14. The Balaban J connectivity index is 2.08. The normalized spacial score (nSPS) is 12.0. The maximum absolute atomic E-state index is 5.43. The van der Waals surface area contributed by atoms with Gasteiger partial charge in [0.05, 0.1) is 14.2 Å². The van der Waals surface area contributed by atoms with E-state index in [1.54, 1.807) is 14.2 Å². The molecule has 3 heteroatoms. The number of hydrogen-bond acceptors (Lipinski definition) is 3. The predicted octanol–water partition coefficient (Wildman–Crippen LogP) is 3.86.